The Kier molecular flexibility index (Phi) is 6.16. The van der Waals surface area contributed by atoms with E-state index in [0.717, 1.165) is 12.2 Å². The number of nitrogens with one attached hydrogen (secondary N) is 2. The van der Waals surface area contributed by atoms with Gasteiger partial charge in [0, 0.05) is 18.3 Å². The Labute approximate surface area is 99.1 Å². The monoisotopic (exact) mass is 223 g/mol. The van der Waals surface area contributed by atoms with Gasteiger partial charge < -0.3 is 10.3 Å². The molecule has 1 unspecified atom stereocenters. The Balaban J connectivity index is 2.10. The predicted molar refractivity (Wildman–Crippen MR) is 68.4 cm³/mol. The van der Waals surface area contributed by atoms with Gasteiger partial charge in [-0.2, -0.15) is 0 Å². The topological polar surface area (TPSA) is 40.7 Å². The van der Waals surface area contributed by atoms with Crippen molar-refractivity contribution in [1.29, 1.82) is 0 Å². The van der Waals surface area contributed by atoms with E-state index in [0.29, 0.717) is 6.04 Å². The Morgan fingerprint density at radius 2 is 2.19 bits per heavy atom. The summed E-state index contributed by atoms with van der Waals surface area (Å²) in [6, 6.07) is 0.591. The maximum atomic E-state index is 4.28. The first kappa shape index (κ1) is 13.2. The van der Waals surface area contributed by atoms with Crippen LogP contribution in [0.15, 0.2) is 6.33 Å². The van der Waals surface area contributed by atoms with Crippen molar-refractivity contribution in [1.82, 2.24) is 15.3 Å². The minimum Gasteiger partial charge on any atom is -0.348 e. The zero-order chi connectivity index (χ0) is 11.8. The van der Waals surface area contributed by atoms with Crippen LogP contribution in [0.3, 0.4) is 0 Å². The number of nitrogens with zero attached hydrogens (tertiary/aromatic N) is 1. The summed E-state index contributed by atoms with van der Waals surface area (Å²) < 4.78 is 0. The summed E-state index contributed by atoms with van der Waals surface area (Å²) in [6.45, 7) is 7.45. The summed E-state index contributed by atoms with van der Waals surface area (Å²) in [6.07, 6.45) is 8.41. The molecule has 0 aliphatic rings. The number of H-pyrrole nitrogens is 1. The van der Waals surface area contributed by atoms with Gasteiger partial charge in [0.2, 0.25) is 0 Å². The van der Waals surface area contributed by atoms with Gasteiger partial charge in [0.25, 0.3) is 0 Å². The fraction of sp³-hybridized carbons (Fsp3) is 0.769. The van der Waals surface area contributed by atoms with Crippen molar-refractivity contribution in [3.05, 3.63) is 17.7 Å². The Morgan fingerprint density at radius 1 is 1.38 bits per heavy atom. The second kappa shape index (κ2) is 7.44. The van der Waals surface area contributed by atoms with Crippen LogP contribution in [0.1, 0.15) is 57.3 Å². The van der Waals surface area contributed by atoms with Gasteiger partial charge in [0.15, 0.2) is 0 Å². The van der Waals surface area contributed by atoms with Crippen LogP contribution in [0, 0.1) is 6.92 Å². The first-order chi connectivity index (χ1) is 7.74. The van der Waals surface area contributed by atoms with Gasteiger partial charge in [-0.05, 0) is 20.3 Å². The Hall–Kier alpha value is -0.830. The summed E-state index contributed by atoms with van der Waals surface area (Å²) in [5, 5.41) is 3.52. The quantitative estimate of drug-likeness (QED) is 0.665. The molecule has 1 aromatic heterocycles. The number of imidazole rings is 1. The average molecular weight is 223 g/mol. The second-order valence-electron chi connectivity index (χ2n) is 4.61. The third-order valence-corrected chi connectivity index (χ3v) is 3.04. The van der Waals surface area contributed by atoms with Gasteiger partial charge in [-0.3, -0.25) is 0 Å². The molecule has 0 aliphatic heterocycles. The Bertz CT molecular complexity index is 280. The van der Waals surface area contributed by atoms with E-state index in [9.17, 15) is 0 Å². The third kappa shape index (κ3) is 4.79. The van der Waals surface area contributed by atoms with Gasteiger partial charge in [-0.1, -0.05) is 32.6 Å². The molecule has 0 bridgehead atoms. The highest BCUT2D eigenvalue weighted by Crippen LogP contribution is 2.06. The zero-order valence-electron chi connectivity index (χ0n) is 10.8. The maximum absolute atomic E-state index is 4.28. The minimum absolute atomic E-state index is 0.591. The van der Waals surface area contributed by atoms with E-state index in [-0.39, 0.29) is 0 Å². The number of aryl methyl sites for hydroxylation is 1. The normalized spacial score (nSPS) is 12.9. The van der Waals surface area contributed by atoms with Gasteiger partial charge in [-0.25, -0.2) is 4.98 Å². The van der Waals surface area contributed by atoms with Crippen LogP contribution in [0.4, 0.5) is 0 Å². The highest BCUT2D eigenvalue weighted by atomic mass is 15.0. The second-order valence-corrected chi connectivity index (χ2v) is 4.61. The first-order valence-electron chi connectivity index (χ1n) is 6.46. The molecule has 0 amide bonds. The molecule has 0 aromatic carbocycles. The lowest BCUT2D eigenvalue weighted by atomic mass is 10.1. The number of hydrogen-bond acceptors (Lipinski definition) is 2. The van der Waals surface area contributed by atoms with E-state index in [1.165, 1.54) is 37.8 Å². The Morgan fingerprint density at radius 3 is 2.81 bits per heavy atom. The van der Waals surface area contributed by atoms with Crippen molar-refractivity contribution < 1.29 is 0 Å². The molecule has 2 N–H and O–H groups in total. The highest BCUT2D eigenvalue weighted by Gasteiger charge is 2.04. The molecule has 0 saturated heterocycles. The lowest BCUT2D eigenvalue weighted by Crippen LogP contribution is -2.25. The van der Waals surface area contributed by atoms with E-state index >= 15 is 0 Å². The summed E-state index contributed by atoms with van der Waals surface area (Å²) in [7, 11) is 0. The molecule has 92 valence electrons. The van der Waals surface area contributed by atoms with Crippen molar-refractivity contribution in [2.24, 2.45) is 0 Å². The number of aromatic nitrogens is 2. The molecule has 0 spiro atoms. The van der Waals surface area contributed by atoms with Crippen LogP contribution in [0.2, 0.25) is 0 Å². The molecule has 1 atom stereocenters. The molecule has 16 heavy (non-hydrogen) atoms. The third-order valence-electron chi connectivity index (χ3n) is 3.04. The number of aromatic amines is 1. The fourth-order valence-electron chi connectivity index (χ4n) is 1.82. The SMILES string of the molecule is CCCCCCC(C)NCc1nc[nH]c1C. The summed E-state index contributed by atoms with van der Waals surface area (Å²) in [5.74, 6) is 0. The summed E-state index contributed by atoms with van der Waals surface area (Å²) in [4.78, 5) is 7.38. The molecule has 3 heteroatoms. The van der Waals surface area contributed by atoms with Gasteiger partial charge in [0.1, 0.15) is 0 Å². The predicted octanol–water partition coefficient (Wildman–Crippen LogP) is 3.17. The molecule has 1 rings (SSSR count). The highest BCUT2D eigenvalue weighted by molar-refractivity contribution is 5.08. The largest absolute Gasteiger partial charge is 0.348 e. The number of rotatable bonds is 8. The molecule has 1 aromatic rings. The standard InChI is InChI=1S/C13H25N3/c1-4-5-6-7-8-11(2)14-9-13-12(3)15-10-16-13/h10-11,14H,4-9H2,1-3H3,(H,15,16). The number of hydrogen-bond donors (Lipinski definition) is 2. The van der Waals surface area contributed by atoms with Gasteiger partial charge in [-0.15, -0.1) is 0 Å². The van der Waals surface area contributed by atoms with Crippen molar-refractivity contribution >= 4 is 0 Å². The van der Waals surface area contributed by atoms with Crippen molar-refractivity contribution in [3.8, 4) is 0 Å². The lowest BCUT2D eigenvalue weighted by Gasteiger charge is -2.12. The maximum Gasteiger partial charge on any atom is 0.0925 e. The van der Waals surface area contributed by atoms with E-state index in [2.05, 4.69) is 36.1 Å². The van der Waals surface area contributed by atoms with Crippen molar-refractivity contribution in [3.63, 3.8) is 0 Å². The molecular weight excluding hydrogens is 198 g/mol. The van der Waals surface area contributed by atoms with Crippen LogP contribution in [-0.4, -0.2) is 16.0 Å². The van der Waals surface area contributed by atoms with E-state index in [4.69, 9.17) is 0 Å². The van der Waals surface area contributed by atoms with Gasteiger partial charge >= 0.3 is 0 Å². The minimum atomic E-state index is 0.591. The van der Waals surface area contributed by atoms with Crippen LogP contribution >= 0.6 is 0 Å². The molecule has 0 aliphatic carbocycles. The van der Waals surface area contributed by atoms with E-state index in [1.54, 1.807) is 6.33 Å². The molecule has 3 nitrogen and oxygen atoms in total. The smallest absolute Gasteiger partial charge is 0.0925 e. The lowest BCUT2D eigenvalue weighted by molar-refractivity contribution is 0.479. The summed E-state index contributed by atoms with van der Waals surface area (Å²) in [5.41, 5.74) is 2.31. The van der Waals surface area contributed by atoms with Gasteiger partial charge in [0.05, 0.1) is 12.0 Å². The van der Waals surface area contributed by atoms with E-state index < -0.39 is 0 Å². The summed E-state index contributed by atoms with van der Waals surface area (Å²) >= 11 is 0. The van der Waals surface area contributed by atoms with Crippen molar-refractivity contribution in [2.45, 2.75) is 65.5 Å². The van der Waals surface area contributed by atoms with Crippen LogP contribution in [0.25, 0.3) is 0 Å². The molecule has 0 radical (unpaired) electrons. The van der Waals surface area contributed by atoms with Crippen LogP contribution in [0.5, 0.6) is 0 Å². The van der Waals surface area contributed by atoms with Crippen LogP contribution < -0.4 is 5.32 Å². The fourth-order valence-corrected chi connectivity index (χ4v) is 1.82. The average Bonchev–Trinajstić information content (AvgIpc) is 2.67. The van der Waals surface area contributed by atoms with E-state index in [1.807, 2.05) is 0 Å². The van der Waals surface area contributed by atoms with Crippen LogP contribution in [-0.2, 0) is 6.54 Å². The zero-order valence-corrected chi connectivity index (χ0v) is 10.8. The molecule has 0 fully saturated rings. The molecular formula is C13H25N3. The molecule has 0 saturated carbocycles. The first-order valence-corrected chi connectivity index (χ1v) is 6.46. The van der Waals surface area contributed by atoms with Crippen molar-refractivity contribution in [2.75, 3.05) is 0 Å². The number of unbranched alkanes of at least 4 members (excludes halogenated alkanes) is 3. The molecule has 1 heterocycles.